The Morgan fingerprint density at radius 3 is 2.70 bits per heavy atom. The van der Waals surface area contributed by atoms with E-state index >= 15 is 0 Å². The van der Waals surface area contributed by atoms with E-state index in [2.05, 4.69) is 29.6 Å². The zero-order valence-electron chi connectivity index (χ0n) is 11.6. The third kappa shape index (κ3) is 2.08. The number of anilines is 1. The summed E-state index contributed by atoms with van der Waals surface area (Å²) in [6.45, 7) is 2.46. The molecule has 1 atom stereocenters. The Balaban J connectivity index is 1.54. The summed E-state index contributed by atoms with van der Waals surface area (Å²) in [5.74, 6) is 0.753. The summed E-state index contributed by atoms with van der Waals surface area (Å²) in [5.41, 5.74) is 2.04. The molecule has 2 aliphatic heterocycles. The van der Waals surface area contributed by atoms with E-state index in [1.807, 2.05) is 0 Å². The van der Waals surface area contributed by atoms with Gasteiger partial charge in [0.15, 0.2) is 0 Å². The number of hydrogen-bond acceptors (Lipinski definition) is 3. The number of benzene rings is 1. The summed E-state index contributed by atoms with van der Waals surface area (Å²) in [6, 6.07) is 8.43. The van der Waals surface area contributed by atoms with Crippen molar-refractivity contribution in [3.63, 3.8) is 0 Å². The lowest BCUT2D eigenvalue weighted by molar-refractivity contribution is 0.0366. The smallest absolute Gasteiger partial charge is 0.415 e. The van der Waals surface area contributed by atoms with Crippen molar-refractivity contribution in [1.82, 2.24) is 5.32 Å². The van der Waals surface area contributed by atoms with E-state index in [1.165, 1.54) is 18.4 Å². The van der Waals surface area contributed by atoms with Crippen LogP contribution >= 0.6 is 0 Å². The molecule has 2 saturated heterocycles. The van der Waals surface area contributed by atoms with Gasteiger partial charge in [-0.05, 0) is 55.8 Å². The van der Waals surface area contributed by atoms with Crippen molar-refractivity contribution in [1.29, 1.82) is 0 Å². The highest BCUT2D eigenvalue weighted by atomic mass is 16.6. The van der Waals surface area contributed by atoms with E-state index in [9.17, 15) is 4.79 Å². The zero-order valence-corrected chi connectivity index (χ0v) is 11.6. The van der Waals surface area contributed by atoms with E-state index in [0.29, 0.717) is 6.54 Å². The van der Waals surface area contributed by atoms with Crippen LogP contribution < -0.4 is 10.2 Å². The van der Waals surface area contributed by atoms with Crippen molar-refractivity contribution >= 4 is 11.8 Å². The molecule has 20 heavy (non-hydrogen) atoms. The van der Waals surface area contributed by atoms with Gasteiger partial charge in [-0.25, -0.2) is 4.79 Å². The number of nitrogens with zero attached hydrogens (tertiary/aromatic N) is 1. The fourth-order valence-electron chi connectivity index (χ4n) is 3.33. The number of rotatable bonds is 2. The summed E-state index contributed by atoms with van der Waals surface area (Å²) in [7, 11) is 0. The second kappa shape index (κ2) is 4.48. The van der Waals surface area contributed by atoms with E-state index in [0.717, 1.165) is 37.5 Å². The Labute approximate surface area is 119 Å². The first-order valence-corrected chi connectivity index (χ1v) is 7.57. The summed E-state index contributed by atoms with van der Waals surface area (Å²) in [5, 5.41) is 3.34. The van der Waals surface area contributed by atoms with Crippen LogP contribution in [0.3, 0.4) is 0 Å². The van der Waals surface area contributed by atoms with Gasteiger partial charge in [0.05, 0.1) is 6.54 Å². The van der Waals surface area contributed by atoms with Crippen molar-refractivity contribution in [2.45, 2.75) is 37.2 Å². The zero-order chi connectivity index (χ0) is 13.6. The monoisotopic (exact) mass is 272 g/mol. The van der Waals surface area contributed by atoms with Gasteiger partial charge < -0.3 is 10.1 Å². The average Bonchev–Trinajstić information content (AvgIpc) is 3.26. The number of carbonyl (C=O) groups is 1. The summed E-state index contributed by atoms with van der Waals surface area (Å²) < 4.78 is 5.67. The summed E-state index contributed by atoms with van der Waals surface area (Å²) >= 11 is 0. The van der Waals surface area contributed by atoms with Gasteiger partial charge >= 0.3 is 6.09 Å². The van der Waals surface area contributed by atoms with Crippen molar-refractivity contribution in [3.05, 3.63) is 29.8 Å². The standard InChI is InChI=1S/C16H20N2O2/c19-15-18(11-16(20-15)8-1-9-17-10-16)14-6-4-13(5-7-14)12-2-3-12/h4-7,12,17H,1-3,8-11H2. The molecule has 1 amide bonds. The lowest BCUT2D eigenvalue weighted by Crippen LogP contribution is -2.48. The largest absolute Gasteiger partial charge is 0.439 e. The van der Waals surface area contributed by atoms with Crippen molar-refractivity contribution in [2.75, 3.05) is 24.5 Å². The summed E-state index contributed by atoms with van der Waals surface area (Å²) in [4.78, 5) is 13.9. The summed E-state index contributed by atoms with van der Waals surface area (Å²) in [6.07, 6.45) is 4.44. The molecule has 3 aliphatic rings. The number of carbonyl (C=O) groups excluding carboxylic acids is 1. The minimum Gasteiger partial charge on any atom is -0.439 e. The molecule has 1 aliphatic carbocycles. The van der Waals surface area contributed by atoms with Crippen molar-refractivity contribution < 1.29 is 9.53 Å². The third-order valence-electron chi connectivity index (χ3n) is 4.66. The molecular weight excluding hydrogens is 252 g/mol. The minimum absolute atomic E-state index is 0.201. The number of amides is 1. The Morgan fingerprint density at radius 1 is 1.25 bits per heavy atom. The lowest BCUT2D eigenvalue weighted by atomic mass is 9.94. The van der Waals surface area contributed by atoms with Crippen LogP contribution in [0.2, 0.25) is 0 Å². The molecule has 0 aromatic heterocycles. The average molecular weight is 272 g/mol. The van der Waals surface area contributed by atoms with Crippen LogP contribution in [-0.4, -0.2) is 31.3 Å². The molecule has 2 heterocycles. The lowest BCUT2D eigenvalue weighted by Gasteiger charge is -2.31. The molecule has 106 valence electrons. The van der Waals surface area contributed by atoms with Crippen LogP contribution in [0.4, 0.5) is 10.5 Å². The van der Waals surface area contributed by atoms with Crippen molar-refractivity contribution in [3.8, 4) is 0 Å². The molecule has 1 saturated carbocycles. The van der Waals surface area contributed by atoms with Crippen LogP contribution in [0.1, 0.15) is 37.2 Å². The van der Waals surface area contributed by atoms with Crippen LogP contribution in [0.5, 0.6) is 0 Å². The van der Waals surface area contributed by atoms with E-state index in [-0.39, 0.29) is 11.7 Å². The highest BCUT2D eigenvalue weighted by molar-refractivity contribution is 5.90. The molecule has 0 radical (unpaired) electrons. The van der Waals surface area contributed by atoms with Gasteiger partial charge in [-0.1, -0.05) is 12.1 Å². The van der Waals surface area contributed by atoms with Crippen molar-refractivity contribution in [2.24, 2.45) is 0 Å². The van der Waals surface area contributed by atoms with E-state index in [1.54, 1.807) is 4.90 Å². The molecule has 1 aromatic rings. The molecule has 1 N–H and O–H groups in total. The maximum atomic E-state index is 12.2. The van der Waals surface area contributed by atoms with Crippen LogP contribution in [0.15, 0.2) is 24.3 Å². The second-order valence-corrected chi connectivity index (χ2v) is 6.28. The molecule has 3 fully saturated rings. The van der Waals surface area contributed by atoms with Gasteiger partial charge in [-0.2, -0.15) is 0 Å². The molecule has 4 heteroatoms. The predicted octanol–water partition coefficient (Wildman–Crippen LogP) is 2.64. The normalized spacial score (nSPS) is 29.8. The van der Waals surface area contributed by atoms with Crippen LogP contribution in [-0.2, 0) is 4.74 Å². The second-order valence-electron chi connectivity index (χ2n) is 6.28. The van der Waals surface area contributed by atoms with Gasteiger partial charge in [0.2, 0.25) is 0 Å². The third-order valence-corrected chi connectivity index (χ3v) is 4.66. The fraction of sp³-hybridized carbons (Fsp3) is 0.562. The quantitative estimate of drug-likeness (QED) is 0.900. The first kappa shape index (κ1) is 12.2. The first-order chi connectivity index (χ1) is 9.76. The Kier molecular flexibility index (Phi) is 2.74. The molecule has 1 unspecified atom stereocenters. The molecule has 4 rings (SSSR count). The predicted molar refractivity (Wildman–Crippen MR) is 77.1 cm³/mol. The maximum absolute atomic E-state index is 12.2. The van der Waals surface area contributed by atoms with Gasteiger partial charge in [0.1, 0.15) is 5.60 Å². The molecule has 1 spiro atoms. The molecule has 1 aromatic carbocycles. The van der Waals surface area contributed by atoms with E-state index < -0.39 is 0 Å². The van der Waals surface area contributed by atoms with Crippen LogP contribution in [0, 0.1) is 0 Å². The molecular formula is C16H20N2O2. The van der Waals surface area contributed by atoms with Gasteiger partial charge in [-0.15, -0.1) is 0 Å². The first-order valence-electron chi connectivity index (χ1n) is 7.57. The van der Waals surface area contributed by atoms with Crippen LogP contribution in [0.25, 0.3) is 0 Å². The fourth-order valence-corrected chi connectivity index (χ4v) is 3.33. The Bertz CT molecular complexity index is 516. The highest BCUT2D eigenvalue weighted by Gasteiger charge is 2.46. The topological polar surface area (TPSA) is 41.6 Å². The van der Waals surface area contributed by atoms with E-state index in [4.69, 9.17) is 4.74 Å². The highest BCUT2D eigenvalue weighted by Crippen LogP contribution is 2.41. The number of ether oxygens (including phenoxy) is 1. The SMILES string of the molecule is O=C1OC2(CCCNC2)CN1c1ccc(C2CC2)cc1. The number of nitrogens with one attached hydrogen (secondary N) is 1. The number of hydrogen-bond donors (Lipinski definition) is 1. The Morgan fingerprint density at radius 2 is 2.05 bits per heavy atom. The minimum atomic E-state index is -0.315. The van der Waals surface area contributed by atoms with Gasteiger partial charge in [0, 0.05) is 12.2 Å². The van der Waals surface area contributed by atoms with Gasteiger partial charge in [-0.3, -0.25) is 4.90 Å². The van der Waals surface area contributed by atoms with Gasteiger partial charge in [0.25, 0.3) is 0 Å². The maximum Gasteiger partial charge on any atom is 0.415 e. The molecule has 0 bridgehead atoms. The Hall–Kier alpha value is -1.55. The molecule has 4 nitrogen and oxygen atoms in total. The number of piperidine rings is 1.